The van der Waals surface area contributed by atoms with E-state index in [2.05, 4.69) is 15.3 Å². The summed E-state index contributed by atoms with van der Waals surface area (Å²) in [6, 6.07) is 10.00. The molecule has 2 aromatic carbocycles. The first-order valence-corrected chi connectivity index (χ1v) is 10.2. The van der Waals surface area contributed by atoms with Gasteiger partial charge in [0.25, 0.3) is 12.3 Å². The molecule has 154 valence electrons. The van der Waals surface area contributed by atoms with E-state index < -0.39 is 28.2 Å². The largest absolute Gasteiger partial charge is 0.337 e. The molecule has 3 rings (SSSR count). The smallest absolute Gasteiger partial charge is 0.295 e. The zero-order chi connectivity index (χ0) is 21.3. The van der Waals surface area contributed by atoms with Crippen LogP contribution in [0.25, 0.3) is 11.0 Å². The van der Waals surface area contributed by atoms with Crippen LogP contribution in [0.2, 0.25) is 0 Å². The van der Waals surface area contributed by atoms with Crippen molar-refractivity contribution in [1.29, 1.82) is 0 Å². The summed E-state index contributed by atoms with van der Waals surface area (Å²) in [5, 5.41) is 2.65. The lowest BCUT2D eigenvalue weighted by atomic mass is 10.2. The average molecular weight is 422 g/mol. The maximum absolute atomic E-state index is 12.7. The first-order chi connectivity index (χ1) is 13.6. The second kappa shape index (κ2) is 7.88. The number of nitrogens with zero attached hydrogens (tertiary/aromatic N) is 2. The summed E-state index contributed by atoms with van der Waals surface area (Å²) in [5.74, 6) is -0.921. The number of H-pyrrole nitrogens is 1. The zero-order valence-electron chi connectivity index (χ0n) is 16.0. The fourth-order valence-electron chi connectivity index (χ4n) is 2.63. The number of nitrogens with one attached hydrogen (secondary N) is 2. The number of aromatic nitrogens is 2. The van der Waals surface area contributed by atoms with Crippen molar-refractivity contribution in [2.75, 3.05) is 12.4 Å². The van der Waals surface area contributed by atoms with E-state index in [-0.39, 0.29) is 16.5 Å². The second-order valence-corrected chi connectivity index (χ2v) is 8.75. The van der Waals surface area contributed by atoms with E-state index in [1.54, 1.807) is 13.8 Å². The fourth-order valence-corrected chi connectivity index (χ4v) is 4.00. The van der Waals surface area contributed by atoms with Gasteiger partial charge in [-0.25, -0.2) is 22.2 Å². The molecule has 7 nitrogen and oxygen atoms in total. The molecule has 0 radical (unpaired) electrons. The molecule has 0 bridgehead atoms. The number of imidazole rings is 1. The van der Waals surface area contributed by atoms with Crippen molar-refractivity contribution < 1.29 is 22.0 Å². The number of carbonyl (C=O) groups is 1. The van der Waals surface area contributed by atoms with Gasteiger partial charge >= 0.3 is 0 Å². The van der Waals surface area contributed by atoms with Crippen LogP contribution < -0.4 is 5.32 Å². The summed E-state index contributed by atoms with van der Waals surface area (Å²) in [5.41, 5.74) is 1.31. The monoisotopic (exact) mass is 422 g/mol. The van der Waals surface area contributed by atoms with Crippen LogP contribution in [0.4, 0.5) is 14.5 Å². The van der Waals surface area contributed by atoms with Gasteiger partial charge in [-0.3, -0.25) is 4.79 Å². The molecule has 29 heavy (non-hydrogen) atoms. The second-order valence-electron chi connectivity index (χ2n) is 6.75. The molecule has 1 aromatic heterocycles. The van der Waals surface area contributed by atoms with Gasteiger partial charge in [0.1, 0.15) is 0 Å². The topological polar surface area (TPSA) is 95.2 Å². The van der Waals surface area contributed by atoms with Gasteiger partial charge in [-0.2, -0.15) is 4.31 Å². The fraction of sp³-hybridized carbons (Fsp3) is 0.263. The average Bonchev–Trinajstić information content (AvgIpc) is 3.11. The Bertz CT molecular complexity index is 1140. The molecule has 0 saturated carbocycles. The number of sulfonamides is 1. The van der Waals surface area contributed by atoms with Crippen molar-refractivity contribution in [3.63, 3.8) is 0 Å². The minimum atomic E-state index is -3.62. The Balaban J connectivity index is 1.78. The highest BCUT2D eigenvalue weighted by Gasteiger charge is 2.23. The Morgan fingerprint density at radius 1 is 1.14 bits per heavy atom. The van der Waals surface area contributed by atoms with Crippen LogP contribution in [-0.2, 0) is 10.0 Å². The van der Waals surface area contributed by atoms with Gasteiger partial charge in [-0.1, -0.05) is 0 Å². The van der Waals surface area contributed by atoms with Crippen LogP contribution >= 0.6 is 0 Å². The molecule has 0 aliphatic rings. The predicted molar refractivity (Wildman–Crippen MR) is 106 cm³/mol. The molecule has 0 aliphatic heterocycles. The van der Waals surface area contributed by atoms with E-state index in [0.29, 0.717) is 16.7 Å². The lowest BCUT2D eigenvalue weighted by Gasteiger charge is -2.21. The van der Waals surface area contributed by atoms with E-state index in [9.17, 15) is 22.0 Å². The lowest BCUT2D eigenvalue weighted by molar-refractivity contribution is 0.102. The zero-order valence-corrected chi connectivity index (χ0v) is 16.8. The van der Waals surface area contributed by atoms with Crippen molar-refractivity contribution >= 4 is 32.7 Å². The molecule has 2 N–H and O–H groups in total. The van der Waals surface area contributed by atoms with E-state index in [4.69, 9.17) is 0 Å². The summed E-state index contributed by atoms with van der Waals surface area (Å²) in [4.78, 5) is 18.8. The summed E-state index contributed by atoms with van der Waals surface area (Å²) in [6.07, 6.45) is -2.73. The number of alkyl halides is 2. The van der Waals surface area contributed by atoms with Crippen molar-refractivity contribution in [3.05, 3.63) is 53.9 Å². The maximum Gasteiger partial charge on any atom is 0.295 e. The van der Waals surface area contributed by atoms with Crippen LogP contribution in [0.15, 0.2) is 47.4 Å². The number of benzene rings is 2. The molecule has 0 aliphatic carbocycles. The summed E-state index contributed by atoms with van der Waals surface area (Å²) in [7, 11) is -2.12. The van der Waals surface area contributed by atoms with Gasteiger partial charge in [0.05, 0.1) is 15.9 Å². The van der Waals surface area contributed by atoms with Gasteiger partial charge in [-0.15, -0.1) is 0 Å². The standard InChI is InChI=1S/C19H20F2N4O3S/c1-11(2)25(3)29(27,28)14-7-5-13(6-8-14)22-19(26)12-4-9-15-16(10-12)24-18(23-15)17(20)21/h4-11,17H,1-3H3,(H,22,26)(H,23,24). The highest BCUT2D eigenvalue weighted by atomic mass is 32.2. The van der Waals surface area contributed by atoms with Gasteiger partial charge < -0.3 is 10.3 Å². The number of rotatable bonds is 6. The molecule has 0 atom stereocenters. The minimum absolute atomic E-state index is 0.116. The Hall–Kier alpha value is -2.85. The third-order valence-electron chi connectivity index (χ3n) is 4.49. The summed E-state index contributed by atoms with van der Waals surface area (Å²) < 4.78 is 51.7. The third kappa shape index (κ3) is 4.28. The third-order valence-corrected chi connectivity index (χ3v) is 6.53. The highest BCUT2D eigenvalue weighted by molar-refractivity contribution is 7.89. The molecular formula is C19H20F2N4O3S. The molecule has 10 heteroatoms. The van der Waals surface area contributed by atoms with Crippen LogP contribution in [0, 0.1) is 0 Å². The summed E-state index contributed by atoms with van der Waals surface area (Å²) in [6.45, 7) is 3.54. The number of hydrogen-bond donors (Lipinski definition) is 2. The molecule has 0 saturated heterocycles. The quantitative estimate of drug-likeness (QED) is 0.632. The van der Waals surface area contributed by atoms with E-state index >= 15 is 0 Å². The van der Waals surface area contributed by atoms with Crippen molar-refractivity contribution in [3.8, 4) is 0 Å². The molecule has 0 unspecified atom stereocenters. The van der Waals surface area contributed by atoms with E-state index in [1.807, 2.05) is 0 Å². The molecule has 1 heterocycles. The molecule has 0 fully saturated rings. The predicted octanol–water partition coefficient (Wildman–Crippen LogP) is 3.78. The van der Waals surface area contributed by atoms with Gasteiger partial charge in [-0.05, 0) is 56.3 Å². The molecule has 0 spiro atoms. The molecule has 1 amide bonds. The lowest BCUT2D eigenvalue weighted by Crippen LogP contribution is -2.33. The van der Waals surface area contributed by atoms with Crippen molar-refractivity contribution in [2.45, 2.75) is 31.2 Å². The number of halogens is 2. The van der Waals surface area contributed by atoms with Gasteiger partial charge in [0.2, 0.25) is 10.0 Å². The number of anilines is 1. The first kappa shape index (κ1) is 20.9. The maximum atomic E-state index is 12.7. The Kier molecular flexibility index (Phi) is 5.67. The number of amides is 1. The van der Waals surface area contributed by atoms with Crippen LogP contribution in [0.5, 0.6) is 0 Å². The number of carbonyl (C=O) groups excluding carboxylic acids is 1. The van der Waals surface area contributed by atoms with Crippen molar-refractivity contribution in [1.82, 2.24) is 14.3 Å². The first-order valence-electron chi connectivity index (χ1n) is 8.77. The van der Waals surface area contributed by atoms with Crippen LogP contribution in [0.3, 0.4) is 0 Å². The highest BCUT2D eigenvalue weighted by Crippen LogP contribution is 2.22. The van der Waals surface area contributed by atoms with E-state index in [1.165, 1.54) is 53.8 Å². The molecule has 3 aromatic rings. The van der Waals surface area contributed by atoms with E-state index in [0.717, 1.165) is 0 Å². The minimum Gasteiger partial charge on any atom is -0.337 e. The van der Waals surface area contributed by atoms with Crippen LogP contribution in [0.1, 0.15) is 36.5 Å². The summed E-state index contributed by atoms with van der Waals surface area (Å²) >= 11 is 0. The molecular weight excluding hydrogens is 402 g/mol. The number of aromatic amines is 1. The van der Waals surface area contributed by atoms with Crippen LogP contribution in [-0.4, -0.2) is 41.7 Å². The van der Waals surface area contributed by atoms with Crippen molar-refractivity contribution in [2.24, 2.45) is 0 Å². The SMILES string of the molecule is CC(C)N(C)S(=O)(=O)c1ccc(NC(=O)c2ccc3nc(C(F)F)[nH]c3c2)cc1. The Labute approximate surface area is 166 Å². The Morgan fingerprint density at radius 3 is 2.38 bits per heavy atom. The number of fused-ring (bicyclic) bond motifs is 1. The Morgan fingerprint density at radius 2 is 1.79 bits per heavy atom. The van der Waals surface area contributed by atoms with Gasteiger partial charge in [0, 0.05) is 24.3 Å². The normalized spacial score (nSPS) is 12.3. The van der Waals surface area contributed by atoms with Gasteiger partial charge in [0.15, 0.2) is 5.82 Å². The number of hydrogen-bond acceptors (Lipinski definition) is 4.